The van der Waals surface area contributed by atoms with Crippen LogP contribution >= 0.6 is 0 Å². The monoisotopic (exact) mass is 267 g/mol. The minimum Gasteiger partial charge on any atom is -0.308 e. The van der Waals surface area contributed by atoms with Gasteiger partial charge in [0.25, 0.3) is 0 Å². The standard InChI is InChI=1S/C14H12F3NO/c1-9-3-4-11-8-12(6-5-10(11)7-9)18(2)13(19)14(15,16)17/h3-8H,1-2H3. The van der Waals surface area contributed by atoms with Crippen molar-refractivity contribution < 1.29 is 18.0 Å². The molecule has 0 heterocycles. The highest BCUT2D eigenvalue weighted by molar-refractivity contribution is 5.99. The maximum atomic E-state index is 12.4. The highest BCUT2D eigenvalue weighted by atomic mass is 19.4. The Kier molecular flexibility index (Phi) is 3.22. The molecule has 0 atom stereocenters. The molecule has 2 nitrogen and oxygen atoms in total. The fraction of sp³-hybridized carbons (Fsp3) is 0.214. The molecule has 0 bridgehead atoms. The second-order valence-corrected chi connectivity index (χ2v) is 4.40. The zero-order valence-electron chi connectivity index (χ0n) is 10.5. The molecule has 5 heteroatoms. The van der Waals surface area contributed by atoms with Crippen molar-refractivity contribution in [1.82, 2.24) is 0 Å². The van der Waals surface area contributed by atoms with Crippen LogP contribution in [-0.4, -0.2) is 19.1 Å². The van der Waals surface area contributed by atoms with Crippen LogP contribution in [0.5, 0.6) is 0 Å². The molecule has 0 spiro atoms. The lowest BCUT2D eigenvalue weighted by atomic mass is 10.1. The van der Waals surface area contributed by atoms with Gasteiger partial charge in [-0.25, -0.2) is 0 Å². The Morgan fingerprint density at radius 1 is 1.05 bits per heavy atom. The van der Waals surface area contributed by atoms with Crippen molar-refractivity contribution in [3.63, 3.8) is 0 Å². The lowest BCUT2D eigenvalue weighted by Gasteiger charge is -2.19. The summed E-state index contributed by atoms with van der Waals surface area (Å²) in [4.78, 5) is 11.8. The summed E-state index contributed by atoms with van der Waals surface area (Å²) in [6, 6.07) is 10.4. The first-order chi connectivity index (χ1) is 8.79. The predicted molar refractivity (Wildman–Crippen MR) is 68.2 cm³/mol. The normalized spacial score (nSPS) is 11.6. The number of anilines is 1. The zero-order chi connectivity index (χ0) is 14.2. The minimum absolute atomic E-state index is 0.221. The van der Waals surface area contributed by atoms with E-state index in [2.05, 4.69) is 0 Å². The Balaban J connectivity index is 2.41. The van der Waals surface area contributed by atoms with Gasteiger partial charge in [-0.3, -0.25) is 4.79 Å². The van der Waals surface area contributed by atoms with Gasteiger partial charge >= 0.3 is 12.1 Å². The van der Waals surface area contributed by atoms with Crippen LogP contribution in [0.25, 0.3) is 10.8 Å². The molecule has 2 aromatic carbocycles. The zero-order valence-corrected chi connectivity index (χ0v) is 10.5. The number of nitrogens with zero attached hydrogens (tertiary/aromatic N) is 1. The van der Waals surface area contributed by atoms with Crippen molar-refractivity contribution in [3.05, 3.63) is 42.0 Å². The number of hydrogen-bond acceptors (Lipinski definition) is 1. The molecule has 0 aliphatic carbocycles. The molecule has 0 N–H and O–H groups in total. The topological polar surface area (TPSA) is 20.3 Å². The lowest BCUT2D eigenvalue weighted by Crippen LogP contribution is -2.38. The van der Waals surface area contributed by atoms with Gasteiger partial charge in [0.15, 0.2) is 0 Å². The third-order valence-corrected chi connectivity index (χ3v) is 2.91. The van der Waals surface area contributed by atoms with E-state index in [1.165, 1.54) is 6.07 Å². The average Bonchev–Trinajstić information content (AvgIpc) is 2.35. The molecule has 1 amide bonds. The third kappa shape index (κ3) is 2.70. The van der Waals surface area contributed by atoms with Crippen LogP contribution in [0.4, 0.5) is 18.9 Å². The first-order valence-electron chi connectivity index (χ1n) is 5.64. The summed E-state index contributed by atoms with van der Waals surface area (Å²) >= 11 is 0. The van der Waals surface area contributed by atoms with Gasteiger partial charge in [-0.05, 0) is 29.8 Å². The molecule has 0 unspecified atom stereocenters. The van der Waals surface area contributed by atoms with E-state index in [0.717, 1.165) is 23.4 Å². The van der Waals surface area contributed by atoms with Crippen molar-refractivity contribution >= 4 is 22.4 Å². The van der Waals surface area contributed by atoms with Crippen molar-refractivity contribution in [1.29, 1.82) is 0 Å². The van der Waals surface area contributed by atoms with Crippen molar-refractivity contribution in [3.8, 4) is 0 Å². The lowest BCUT2D eigenvalue weighted by molar-refractivity contribution is -0.170. The van der Waals surface area contributed by atoms with Crippen LogP contribution < -0.4 is 4.90 Å². The molecule has 2 rings (SSSR count). The molecular weight excluding hydrogens is 255 g/mol. The largest absolute Gasteiger partial charge is 0.471 e. The van der Waals surface area contributed by atoms with E-state index in [4.69, 9.17) is 0 Å². The smallest absolute Gasteiger partial charge is 0.308 e. The summed E-state index contributed by atoms with van der Waals surface area (Å²) in [5, 5.41) is 1.72. The molecule has 19 heavy (non-hydrogen) atoms. The molecule has 0 saturated carbocycles. The van der Waals surface area contributed by atoms with Crippen LogP contribution in [0.15, 0.2) is 36.4 Å². The summed E-state index contributed by atoms with van der Waals surface area (Å²) in [5.74, 6) is -1.88. The van der Waals surface area contributed by atoms with Crippen LogP contribution in [0, 0.1) is 6.92 Å². The Morgan fingerprint density at radius 2 is 1.63 bits per heavy atom. The number of fused-ring (bicyclic) bond motifs is 1. The van der Waals surface area contributed by atoms with Gasteiger partial charge in [0.05, 0.1) is 0 Å². The number of amides is 1. The number of aryl methyl sites for hydroxylation is 1. The number of hydrogen-bond donors (Lipinski definition) is 0. The van der Waals surface area contributed by atoms with E-state index in [1.54, 1.807) is 12.1 Å². The Hall–Kier alpha value is -2.04. The van der Waals surface area contributed by atoms with Crippen molar-refractivity contribution in [2.75, 3.05) is 11.9 Å². The Bertz CT molecular complexity index is 634. The van der Waals surface area contributed by atoms with Gasteiger partial charge in [0.2, 0.25) is 0 Å². The van der Waals surface area contributed by atoms with E-state index in [-0.39, 0.29) is 5.69 Å². The van der Waals surface area contributed by atoms with Gasteiger partial charge in [0, 0.05) is 12.7 Å². The number of rotatable bonds is 1. The molecule has 0 aliphatic heterocycles. The van der Waals surface area contributed by atoms with Crippen molar-refractivity contribution in [2.45, 2.75) is 13.1 Å². The van der Waals surface area contributed by atoms with Crippen LogP contribution in [-0.2, 0) is 4.79 Å². The minimum atomic E-state index is -4.86. The van der Waals surface area contributed by atoms with E-state index < -0.39 is 12.1 Å². The van der Waals surface area contributed by atoms with Gasteiger partial charge in [-0.2, -0.15) is 13.2 Å². The fourth-order valence-electron chi connectivity index (χ4n) is 1.87. The number of carbonyl (C=O) groups excluding carboxylic acids is 1. The summed E-state index contributed by atoms with van der Waals surface area (Å²) in [6.07, 6.45) is -4.86. The fourth-order valence-corrected chi connectivity index (χ4v) is 1.87. The first-order valence-corrected chi connectivity index (χ1v) is 5.64. The summed E-state index contributed by atoms with van der Waals surface area (Å²) in [6.45, 7) is 1.94. The molecule has 0 saturated heterocycles. The Morgan fingerprint density at radius 3 is 2.26 bits per heavy atom. The van der Waals surface area contributed by atoms with E-state index in [9.17, 15) is 18.0 Å². The predicted octanol–water partition coefficient (Wildman–Crippen LogP) is 3.67. The van der Waals surface area contributed by atoms with Crippen LogP contribution in [0.3, 0.4) is 0 Å². The van der Waals surface area contributed by atoms with Crippen LogP contribution in [0.1, 0.15) is 5.56 Å². The van der Waals surface area contributed by atoms with E-state index in [1.807, 2.05) is 25.1 Å². The van der Waals surface area contributed by atoms with Gasteiger partial charge in [0.1, 0.15) is 0 Å². The highest BCUT2D eigenvalue weighted by Gasteiger charge is 2.41. The number of halogens is 3. The average molecular weight is 267 g/mol. The highest BCUT2D eigenvalue weighted by Crippen LogP contribution is 2.26. The number of benzene rings is 2. The second-order valence-electron chi connectivity index (χ2n) is 4.40. The SMILES string of the molecule is Cc1ccc2cc(N(C)C(=O)C(F)(F)F)ccc2c1. The first kappa shape index (κ1) is 13.4. The van der Waals surface area contributed by atoms with Gasteiger partial charge in [-0.1, -0.05) is 29.8 Å². The summed E-state index contributed by atoms with van der Waals surface area (Å²) in [5.41, 5.74) is 1.29. The van der Waals surface area contributed by atoms with Gasteiger partial charge < -0.3 is 4.90 Å². The Labute approximate surface area is 108 Å². The van der Waals surface area contributed by atoms with E-state index >= 15 is 0 Å². The molecule has 2 aromatic rings. The maximum absolute atomic E-state index is 12.4. The van der Waals surface area contributed by atoms with E-state index in [0.29, 0.717) is 4.90 Å². The number of carbonyl (C=O) groups is 1. The molecule has 0 aliphatic rings. The summed E-state index contributed by atoms with van der Waals surface area (Å²) < 4.78 is 37.1. The molecular formula is C14H12F3NO. The maximum Gasteiger partial charge on any atom is 0.471 e. The summed E-state index contributed by atoms with van der Waals surface area (Å²) in [7, 11) is 1.12. The number of alkyl halides is 3. The van der Waals surface area contributed by atoms with Crippen molar-refractivity contribution in [2.24, 2.45) is 0 Å². The molecule has 0 radical (unpaired) electrons. The quantitative estimate of drug-likeness (QED) is 0.772. The second kappa shape index (κ2) is 4.57. The van der Waals surface area contributed by atoms with Gasteiger partial charge in [-0.15, -0.1) is 0 Å². The third-order valence-electron chi connectivity index (χ3n) is 2.91. The molecule has 0 fully saturated rings. The molecule has 100 valence electrons. The van der Waals surface area contributed by atoms with Crippen LogP contribution in [0.2, 0.25) is 0 Å². The molecule has 0 aromatic heterocycles.